The van der Waals surface area contributed by atoms with Crippen LogP contribution >= 0.6 is 0 Å². The summed E-state index contributed by atoms with van der Waals surface area (Å²) in [6.45, 7) is 6.14. The Hall–Kier alpha value is -2.08. The van der Waals surface area contributed by atoms with Gasteiger partial charge in [-0.15, -0.1) is 0 Å². The van der Waals surface area contributed by atoms with Gasteiger partial charge >= 0.3 is 0 Å². The number of amides is 1. The molecule has 6 heteroatoms. The van der Waals surface area contributed by atoms with Gasteiger partial charge in [0.2, 0.25) is 17.5 Å². The number of hydrogen-bond acceptors (Lipinski definition) is 5. The second-order valence-corrected chi connectivity index (χ2v) is 8.18. The molecule has 0 saturated carbocycles. The van der Waals surface area contributed by atoms with Crippen LogP contribution in [0.15, 0.2) is 24.5 Å². The quantitative estimate of drug-likeness (QED) is 0.492. The second kappa shape index (κ2) is 10.5. The number of Topliss-reactive ketones (excluding diaryl/α,β-unsaturated/α-hetero) is 2. The number of nitrogens with one attached hydrogen (secondary N) is 1. The predicted molar refractivity (Wildman–Crippen MR) is 108 cm³/mol. The Kier molecular flexibility index (Phi) is 8.30. The van der Waals surface area contributed by atoms with Crippen molar-refractivity contribution >= 4 is 17.5 Å². The van der Waals surface area contributed by atoms with Crippen molar-refractivity contribution in [2.75, 3.05) is 6.54 Å². The zero-order valence-corrected chi connectivity index (χ0v) is 17.4. The average molecular weight is 388 g/mol. The van der Waals surface area contributed by atoms with E-state index in [1.54, 1.807) is 20.0 Å². The van der Waals surface area contributed by atoms with Crippen molar-refractivity contribution in [2.24, 2.45) is 5.41 Å². The molecule has 0 aromatic carbocycles. The minimum atomic E-state index is -0.685. The number of carbonyl (C=O) groups excluding carboxylic acids is 3. The number of aromatic nitrogens is 1. The van der Waals surface area contributed by atoms with Crippen LogP contribution in [0.2, 0.25) is 0 Å². The fourth-order valence-electron chi connectivity index (χ4n) is 3.34. The maximum absolute atomic E-state index is 12.8. The van der Waals surface area contributed by atoms with Gasteiger partial charge in [0.25, 0.3) is 0 Å². The summed E-state index contributed by atoms with van der Waals surface area (Å²) in [5.74, 6) is -0.913. The Balaban J connectivity index is 1.84. The molecular formula is C22H33N3O3. The van der Waals surface area contributed by atoms with Gasteiger partial charge in [-0.2, -0.15) is 0 Å². The van der Waals surface area contributed by atoms with Crippen LogP contribution in [-0.2, 0) is 20.8 Å². The molecule has 0 bridgehead atoms. The van der Waals surface area contributed by atoms with Gasteiger partial charge in [-0.05, 0) is 50.2 Å². The highest BCUT2D eigenvalue weighted by molar-refractivity contribution is 6.41. The smallest absolute Gasteiger partial charge is 0.237 e. The monoisotopic (exact) mass is 387 g/mol. The highest BCUT2D eigenvalue weighted by atomic mass is 16.2. The van der Waals surface area contributed by atoms with E-state index in [1.807, 2.05) is 19.2 Å². The second-order valence-electron chi connectivity index (χ2n) is 8.18. The summed E-state index contributed by atoms with van der Waals surface area (Å²) in [5.41, 5.74) is 3.56. The predicted octanol–water partition coefficient (Wildman–Crippen LogP) is 3.25. The normalized spacial score (nSPS) is 17.4. The molecule has 154 valence electrons. The molecule has 0 radical (unpaired) electrons. The van der Waals surface area contributed by atoms with E-state index in [0.717, 1.165) is 32.1 Å². The molecular weight excluding hydrogens is 354 g/mol. The molecule has 1 N–H and O–H groups in total. The molecule has 2 rings (SSSR count). The van der Waals surface area contributed by atoms with Crippen molar-refractivity contribution in [1.82, 2.24) is 15.4 Å². The first-order valence-corrected chi connectivity index (χ1v) is 10.4. The molecule has 1 aromatic heterocycles. The summed E-state index contributed by atoms with van der Waals surface area (Å²) in [7, 11) is 0. The average Bonchev–Trinajstić information content (AvgIpc) is 2.73. The van der Waals surface area contributed by atoms with Gasteiger partial charge in [-0.1, -0.05) is 33.3 Å². The summed E-state index contributed by atoms with van der Waals surface area (Å²) < 4.78 is 0. The molecule has 28 heavy (non-hydrogen) atoms. The summed E-state index contributed by atoms with van der Waals surface area (Å²) in [4.78, 5) is 42.1. The third-order valence-corrected chi connectivity index (χ3v) is 5.62. The lowest BCUT2D eigenvalue weighted by Gasteiger charge is -2.36. The van der Waals surface area contributed by atoms with Gasteiger partial charge in [0.15, 0.2) is 0 Å². The third-order valence-electron chi connectivity index (χ3n) is 5.62. The zero-order valence-electron chi connectivity index (χ0n) is 17.4. The van der Waals surface area contributed by atoms with Crippen molar-refractivity contribution in [3.63, 3.8) is 0 Å². The van der Waals surface area contributed by atoms with E-state index in [0.29, 0.717) is 25.8 Å². The standard InChI is InChI=1S/C22H33N3O3/c1-4-22(2,3)21(28)20(27)18-12-9-15-24-25(18)19(26)13-7-5-6-10-17-11-8-14-23-16-17/h8,11,14,16,18,24H,4-7,9-10,12-13,15H2,1-3H3. The largest absolute Gasteiger partial charge is 0.290 e. The summed E-state index contributed by atoms with van der Waals surface area (Å²) in [6.07, 6.45) is 9.60. The molecule has 1 fully saturated rings. The molecule has 2 heterocycles. The minimum Gasteiger partial charge on any atom is -0.290 e. The topological polar surface area (TPSA) is 79.4 Å². The Morgan fingerprint density at radius 3 is 2.71 bits per heavy atom. The molecule has 0 spiro atoms. The van der Waals surface area contributed by atoms with Gasteiger partial charge in [-0.25, -0.2) is 5.43 Å². The van der Waals surface area contributed by atoms with E-state index < -0.39 is 17.2 Å². The fraction of sp³-hybridized carbons (Fsp3) is 0.636. The number of hydrogen-bond donors (Lipinski definition) is 1. The van der Waals surface area contributed by atoms with Gasteiger partial charge in [-0.3, -0.25) is 24.4 Å². The first kappa shape index (κ1) is 22.2. The van der Waals surface area contributed by atoms with Gasteiger partial charge < -0.3 is 0 Å². The fourth-order valence-corrected chi connectivity index (χ4v) is 3.34. The number of pyridine rings is 1. The van der Waals surface area contributed by atoms with Crippen molar-refractivity contribution < 1.29 is 14.4 Å². The van der Waals surface area contributed by atoms with E-state index in [-0.39, 0.29) is 11.7 Å². The molecule has 1 unspecified atom stereocenters. The number of aryl methyl sites for hydroxylation is 1. The maximum atomic E-state index is 12.8. The lowest BCUT2D eigenvalue weighted by molar-refractivity contribution is -0.152. The van der Waals surface area contributed by atoms with E-state index >= 15 is 0 Å². The third kappa shape index (κ3) is 5.96. The zero-order chi connectivity index (χ0) is 20.6. The van der Waals surface area contributed by atoms with Crippen LogP contribution in [0.3, 0.4) is 0 Å². The highest BCUT2D eigenvalue weighted by Gasteiger charge is 2.40. The molecule has 1 saturated heterocycles. The van der Waals surface area contributed by atoms with Crippen LogP contribution in [0.1, 0.15) is 71.3 Å². The number of unbranched alkanes of at least 4 members (excludes halogenated alkanes) is 2. The first-order valence-electron chi connectivity index (χ1n) is 10.4. The summed E-state index contributed by atoms with van der Waals surface area (Å²) in [5, 5.41) is 1.43. The van der Waals surface area contributed by atoms with Crippen LogP contribution < -0.4 is 5.43 Å². The highest BCUT2D eigenvalue weighted by Crippen LogP contribution is 2.25. The van der Waals surface area contributed by atoms with E-state index in [9.17, 15) is 14.4 Å². The lowest BCUT2D eigenvalue weighted by atomic mass is 9.81. The number of ketones is 2. The van der Waals surface area contributed by atoms with Crippen LogP contribution in [0.25, 0.3) is 0 Å². The van der Waals surface area contributed by atoms with Crippen LogP contribution in [0.5, 0.6) is 0 Å². The van der Waals surface area contributed by atoms with Crippen molar-refractivity contribution in [3.8, 4) is 0 Å². The van der Waals surface area contributed by atoms with E-state index in [2.05, 4.69) is 16.5 Å². The Morgan fingerprint density at radius 2 is 2.04 bits per heavy atom. The Bertz CT molecular complexity index is 673. The van der Waals surface area contributed by atoms with Crippen molar-refractivity contribution in [3.05, 3.63) is 30.1 Å². The summed E-state index contributed by atoms with van der Waals surface area (Å²) in [6, 6.07) is 3.31. The number of nitrogens with zero attached hydrogens (tertiary/aromatic N) is 2. The van der Waals surface area contributed by atoms with Crippen LogP contribution in [0.4, 0.5) is 0 Å². The Labute approximate surface area is 168 Å². The van der Waals surface area contributed by atoms with Crippen LogP contribution in [0, 0.1) is 5.41 Å². The first-order chi connectivity index (χ1) is 13.4. The number of hydrazine groups is 1. The molecule has 1 aromatic rings. The molecule has 1 amide bonds. The van der Waals surface area contributed by atoms with E-state index in [1.165, 1.54) is 10.6 Å². The number of rotatable bonds is 10. The molecule has 1 atom stereocenters. The van der Waals surface area contributed by atoms with Crippen molar-refractivity contribution in [1.29, 1.82) is 0 Å². The Morgan fingerprint density at radius 1 is 1.25 bits per heavy atom. The summed E-state index contributed by atoms with van der Waals surface area (Å²) >= 11 is 0. The number of carbonyl (C=O) groups is 3. The molecule has 6 nitrogen and oxygen atoms in total. The molecule has 1 aliphatic rings. The van der Waals surface area contributed by atoms with Gasteiger partial charge in [0, 0.05) is 30.8 Å². The van der Waals surface area contributed by atoms with Gasteiger partial charge in [0.05, 0.1) is 0 Å². The van der Waals surface area contributed by atoms with E-state index in [4.69, 9.17) is 0 Å². The van der Waals surface area contributed by atoms with Gasteiger partial charge in [0.1, 0.15) is 6.04 Å². The minimum absolute atomic E-state index is 0.0958. The molecule has 1 aliphatic heterocycles. The van der Waals surface area contributed by atoms with Crippen molar-refractivity contribution in [2.45, 2.75) is 78.2 Å². The lowest BCUT2D eigenvalue weighted by Crippen LogP contribution is -2.58. The van der Waals surface area contributed by atoms with Crippen LogP contribution in [-0.4, -0.2) is 40.1 Å². The SMILES string of the molecule is CCC(C)(C)C(=O)C(=O)C1CCCNN1C(=O)CCCCCc1cccnc1. The maximum Gasteiger partial charge on any atom is 0.237 e. The molecule has 0 aliphatic carbocycles.